The second-order valence-electron chi connectivity index (χ2n) is 27.3. The van der Waals surface area contributed by atoms with Crippen LogP contribution < -0.4 is 16.0 Å². The van der Waals surface area contributed by atoms with Gasteiger partial charge in [0.05, 0.1) is 19.3 Å². The topological polar surface area (TPSA) is 281 Å². The van der Waals surface area contributed by atoms with Gasteiger partial charge in [-0.1, -0.05) is 74.5 Å². The first-order chi connectivity index (χ1) is 43.1. The molecule has 92 heavy (non-hydrogen) atoms. The van der Waals surface area contributed by atoms with Crippen LogP contribution in [0.4, 0.5) is 0 Å². The van der Waals surface area contributed by atoms with Crippen LogP contribution in [0.2, 0.25) is 0 Å². The van der Waals surface area contributed by atoms with Gasteiger partial charge in [0.1, 0.15) is 72.6 Å². The molecular weight excluding hydrogens is 1180 g/mol. The average Bonchev–Trinajstić information content (AvgIpc) is 1.50. The Bertz CT molecular complexity index is 2600. The minimum Gasteiger partial charge on any atom is -0.379 e. The first kappa shape index (κ1) is 78.2. The van der Waals surface area contributed by atoms with Crippen molar-refractivity contribution in [2.75, 3.05) is 81.7 Å². The quantitative estimate of drug-likeness (QED) is 0.140. The molecule has 3 N–H and O–H groups in total. The van der Waals surface area contributed by atoms with Gasteiger partial charge in [0, 0.05) is 68.0 Å². The Hall–Kier alpha value is -6.25. The van der Waals surface area contributed by atoms with Gasteiger partial charge in [0.2, 0.25) is 59.1 Å². The molecule has 15 atom stereocenters. The molecule has 4 aliphatic heterocycles. The molecule has 26 heteroatoms. The van der Waals surface area contributed by atoms with E-state index < -0.39 is 162 Å². The Balaban J connectivity index is 1.95. The number of rotatable bonds is 17. The van der Waals surface area contributed by atoms with E-state index >= 15 is 28.8 Å². The zero-order chi connectivity index (χ0) is 69.5. The van der Waals surface area contributed by atoms with Crippen LogP contribution in [0.5, 0.6) is 0 Å². The monoisotopic (exact) mass is 1300 g/mol. The molecule has 0 aliphatic carbocycles. The molecule has 0 aromatic heterocycles. The number of fused-ring (bicyclic) bond motifs is 5. The standard InChI is InChI=1S/C66H114N12O14/c1-22-24-25-28-41(9)53-57(80)68-48(23-2)62(85)70(16)44(12)60(83)74(20)54(46(14)91-32-27-26-29-76-30-33-90-34-31-76)58(81)69-52(40(7)8)65(88)71(17)49(35-38(3)4)56(79)67-43(11)59(82)77-42(10)37-51(64(87)75(21)55-47(15)92-78(53)66(55)89)73(19)63(86)50(36-39(5)6)72(18)61(84)45(77)13/h24-25,38-55H,22-23,26-37H2,1-21H3,(H,67,79)(H,68,80)(H,69,81). The molecule has 4 bridgehead atoms. The van der Waals surface area contributed by atoms with E-state index in [4.69, 9.17) is 14.3 Å². The van der Waals surface area contributed by atoms with Crippen LogP contribution in [0.3, 0.4) is 0 Å². The maximum atomic E-state index is 15.5. The summed E-state index contributed by atoms with van der Waals surface area (Å²) in [5, 5.41) is 9.57. The molecule has 0 aromatic carbocycles. The second-order valence-corrected chi connectivity index (χ2v) is 27.3. The minimum absolute atomic E-state index is 0.0442. The fraction of sp³-hybridized carbons (Fsp3) is 0.803. The highest BCUT2D eigenvalue weighted by Crippen LogP contribution is 2.31. The number of unbranched alkanes of at least 4 members (excludes halogenated alkanes) is 1. The Morgan fingerprint density at radius 3 is 1.72 bits per heavy atom. The van der Waals surface area contributed by atoms with E-state index in [-0.39, 0.29) is 44.1 Å². The van der Waals surface area contributed by atoms with Gasteiger partial charge >= 0.3 is 0 Å². The third kappa shape index (κ3) is 19.2. The van der Waals surface area contributed by atoms with Crippen LogP contribution in [-0.2, 0) is 67.1 Å². The average molecular weight is 1300 g/mol. The molecule has 26 nitrogen and oxygen atoms in total. The first-order valence-electron chi connectivity index (χ1n) is 33.5. The van der Waals surface area contributed by atoms with Crippen LogP contribution in [-0.4, -0.2) is 276 Å². The van der Waals surface area contributed by atoms with Gasteiger partial charge in [-0.3, -0.25) is 62.5 Å². The number of hydrogen-bond donors (Lipinski definition) is 3. The third-order valence-corrected chi connectivity index (χ3v) is 18.8. The number of likely N-dealkylation sites (N-methyl/N-ethyl adjacent to an activating group) is 6. The highest BCUT2D eigenvalue weighted by atomic mass is 16.7. The summed E-state index contributed by atoms with van der Waals surface area (Å²) >= 11 is 0. The number of ether oxygens (including phenoxy) is 2. The summed E-state index contributed by atoms with van der Waals surface area (Å²) in [4.78, 5) is 182. The van der Waals surface area contributed by atoms with E-state index in [9.17, 15) is 24.0 Å². The van der Waals surface area contributed by atoms with Crippen LogP contribution in [0, 0.1) is 23.7 Å². The van der Waals surface area contributed by atoms with Crippen LogP contribution >= 0.6 is 0 Å². The van der Waals surface area contributed by atoms with E-state index in [1.165, 1.54) is 97.4 Å². The van der Waals surface area contributed by atoms with E-state index in [1.54, 1.807) is 48.5 Å². The lowest BCUT2D eigenvalue weighted by atomic mass is 9.95. The van der Waals surface area contributed by atoms with Gasteiger partial charge in [-0.15, -0.1) is 0 Å². The number of nitrogens with zero attached hydrogens (tertiary/aromatic N) is 9. The predicted molar refractivity (Wildman–Crippen MR) is 347 cm³/mol. The summed E-state index contributed by atoms with van der Waals surface area (Å²) in [6.45, 7) is 29.7. The van der Waals surface area contributed by atoms with Crippen molar-refractivity contribution in [3.05, 3.63) is 12.2 Å². The summed E-state index contributed by atoms with van der Waals surface area (Å²) < 4.78 is 11.9. The Kier molecular flexibility index (Phi) is 30.0. The molecule has 4 heterocycles. The maximum Gasteiger partial charge on any atom is 0.272 e. The van der Waals surface area contributed by atoms with Gasteiger partial charge in [-0.05, 0) is 123 Å². The van der Waals surface area contributed by atoms with Gasteiger partial charge in [0.25, 0.3) is 5.91 Å². The molecule has 15 unspecified atom stereocenters. The Labute approximate surface area is 547 Å². The smallest absolute Gasteiger partial charge is 0.272 e. The number of carbonyl (C=O) groups is 11. The molecule has 4 aliphatic rings. The lowest BCUT2D eigenvalue weighted by Crippen LogP contribution is -2.65. The summed E-state index contributed by atoms with van der Waals surface area (Å²) in [7, 11) is 8.59. The summed E-state index contributed by atoms with van der Waals surface area (Å²) in [5.74, 6) is -8.98. The lowest BCUT2D eigenvalue weighted by Gasteiger charge is -2.44. The molecule has 0 radical (unpaired) electrons. The molecular formula is C66H114N12O14. The summed E-state index contributed by atoms with van der Waals surface area (Å²) in [6, 6.07) is -15.1. The van der Waals surface area contributed by atoms with Crippen molar-refractivity contribution >= 4 is 65.0 Å². The van der Waals surface area contributed by atoms with Gasteiger partial charge < -0.3 is 59.7 Å². The van der Waals surface area contributed by atoms with Gasteiger partial charge in [-0.2, -0.15) is 0 Å². The number of nitrogens with one attached hydrogen (secondary N) is 3. The van der Waals surface area contributed by atoms with Crippen LogP contribution in [0.25, 0.3) is 0 Å². The predicted octanol–water partition coefficient (Wildman–Crippen LogP) is 2.66. The minimum atomic E-state index is -1.38. The molecule has 0 spiro atoms. The first-order valence-corrected chi connectivity index (χ1v) is 33.5. The van der Waals surface area contributed by atoms with Crippen molar-refractivity contribution in [1.82, 2.24) is 60.2 Å². The molecule has 4 rings (SSSR count). The van der Waals surface area contributed by atoms with E-state index in [2.05, 4.69) is 20.9 Å². The van der Waals surface area contributed by atoms with E-state index in [1.807, 2.05) is 46.8 Å². The van der Waals surface area contributed by atoms with Crippen molar-refractivity contribution in [3.8, 4) is 0 Å². The second kappa shape index (κ2) is 35.3. The zero-order valence-corrected chi connectivity index (χ0v) is 59.2. The lowest BCUT2D eigenvalue weighted by molar-refractivity contribution is -0.194. The summed E-state index contributed by atoms with van der Waals surface area (Å²) in [6.07, 6.45) is 4.26. The van der Waals surface area contributed by atoms with Gasteiger partial charge in [0.15, 0.2) is 0 Å². The summed E-state index contributed by atoms with van der Waals surface area (Å²) in [5.41, 5.74) is 0. The maximum absolute atomic E-state index is 15.5. The number of amides is 11. The van der Waals surface area contributed by atoms with Crippen molar-refractivity contribution in [3.63, 3.8) is 0 Å². The molecule has 0 aromatic rings. The molecule has 522 valence electrons. The van der Waals surface area contributed by atoms with Crippen molar-refractivity contribution in [2.45, 2.75) is 240 Å². The zero-order valence-electron chi connectivity index (χ0n) is 59.2. The van der Waals surface area contributed by atoms with Crippen LogP contribution in [0.15, 0.2) is 12.2 Å². The fourth-order valence-corrected chi connectivity index (χ4v) is 12.9. The number of allylic oxidation sites excluding steroid dienone is 2. The number of carbonyl (C=O) groups excluding carboxylic acids is 11. The normalized spacial score (nSPS) is 30.3. The van der Waals surface area contributed by atoms with E-state index in [0.29, 0.717) is 32.5 Å². The van der Waals surface area contributed by atoms with Crippen LogP contribution in [0.1, 0.15) is 155 Å². The van der Waals surface area contributed by atoms with Crippen molar-refractivity contribution in [1.29, 1.82) is 0 Å². The molecule has 0 saturated carbocycles. The highest BCUT2D eigenvalue weighted by Gasteiger charge is 2.52. The molecule has 4 fully saturated rings. The Morgan fingerprint density at radius 2 is 1.14 bits per heavy atom. The molecule has 4 saturated heterocycles. The number of morpholine rings is 1. The van der Waals surface area contributed by atoms with Gasteiger partial charge in [-0.25, -0.2) is 5.06 Å². The number of hydroxylamine groups is 2. The van der Waals surface area contributed by atoms with Crippen molar-refractivity contribution < 1.29 is 67.1 Å². The molecule has 11 amide bonds. The fourth-order valence-electron chi connectivity index (χ4n) is 12.9. The SMILES string of the molecule is CCC=CCC(C)C1C(=O)NC(CC)C(=O)N(C)C(C)C(=O)N(C)C(C(C)OCCCCN2CCOCC2)C(=O)NC(C(C)C)C(=O)N(C)C(CC(C)C)C(=O)NC(C)C(=O)N2C(C)CC(C(=O)N(C)C3C(=O)N1OC3C)N(C)C(=O)C(CC(C)C)N(C)C(=O)C2C. The number of hydrogen-bond acceptors (Lipinski definition) is 15. The van der Waals surface area contributed by atoms with Crippen molar-refractivity contribution in [2.24, 2.45) is 23.7 Å². The highest BCUT2D eigenvalue weighted by molar-refractivity contribution is 6.00. The Morgan fingerprint density at radius 1 is 0.565 bits per heavy atom. The largest absolute Gasteiger partial charge is 0.379 e. The van der Waals surface area contributed by atoms with E-state index in [0.717, 1.165) is 31.1 Å². The third-order valence-electron chi connectivity index (χ3n) is 18.8.